The lowest BCUT2D eigenvalue weighted by molar-refractivity contribution is -0.133. The molecule has 84 valence electrons. The number of hydrogen-bond donors (Lipinski definition) is 2. The summed E-state index contributed by atoms with van der Waals surface area (Å²) in [4.78, 5) is 25.9. The first kappa shape index (κ1) is 11.8. The van der Waals surface area contributed by atoms with Gasteiger partial charge >= 0.3 is 5.97 Å². The summed E-state index contributed by atoms with van der Waals surface area (Å²) in [6.07, 6.45) is 2.73. The summed E-state index contributed by atoms with van der Waals surface area (Å²) in [6, 6.07) is 0. The standard InChI is InChI=1S/C9H10N4O3/c1-5(6(2)8(15)16)7(14)12-9-10-3-4-11-13-9/h3-4H,1-2H3,(H,15,16)(H,10,12,13,14). The van der Waals surface area contributed by atoms with Crippen molar-refractivity contribution in [2.45, 2.75) is 13.8 Å². The fraction of sp³-hybridized carbons (Fsp3) is 0.222. The van der Waals surface area contributed by atoms with E-state index in [0.717, 1.165) is 0 Å². The molecule has 7 heteroatoms. The van der Waals surface area contributed by atoms with Crippen molar-refractivity contribution in [3.05, 3.63) is 23.5 Å². The van der Waals surface area contributed by atoms with Crippen LogP contribution >= 0.6 is 0 Å². The van der Waals surface area contributed by atoms with Crippen LogP contribution in [0.25, 0.3) is 0 Å². The zero-order chi connectivity index (χ0) is 12.1. The number of aliphatic carboxylic acids is 1. The topological polar surface area (TPSA) is 105 Å². The van der Waals surface area contributed by atoms with Gasteiger partial charge in [-0.05, 0) is 13.8 Å². The van der Waals surface area contributed by atoms with E-state index in [1.54, 1.807) is 0 Å². The number of carboxylic acid groups (broad SMARTS) is 1. The number of rotatable bonds is 3. The van der Waals surface area contributed by atoms with Crippen LogP contribution in [0, 0.1) is 0 Å². The SMILES string of the molecule is CC(C(=O)O)=C(C)C(=O)Nc1nccnn1. The summed E-state index contributed by atoms with van der Waals surface area (Å²) in [7, 11) is 0. The van der Waals surface area contributed by atoms with E-state index < -0.39 is 11.9 Å². The molecule has 2 N–H and O–H groups in total. The summed E-state index contributed by atoms with van der Waals surface area (Å²) in [5, 5.41) is 18.1. The molecule has 1 aromatic heterocycles. The van der Waals surface area contributed by atoms with E-state index in [4.69, 9.17) is 5.11 Å². The predicted octanol–water partition coefficient (Wildman–Crippen LogP) is 0.231. The van der Waals surface area contributed by atoms with Crippen molar-refractivity contribution in [3.8, 4) is 0 Å². The molecule has 16 heavy (non-hydrogen) atoms. The summed E-state index contributed by atoms with van der Waals surface area (Å²) >= 11 is 0. The highest BCUT2D eigenvalue weighted by molar-refractivity contribution is 6.07. The third-order valence-corrected chi connectivity index (χ3v) is 1.93. The minimum absolute atomic E-state index is 0.0265. The molecule has 0 aromatic carbocycles. The highest BCUT2D eigenvalue weighted by Crippen LogP contribution is 2.06. The molecule has 1 heterocycles. The fourth-order valence-electron chi connectivity index (χ4n) is 0.831. The van der Waals surface area contributed by atoms with Crippen LogP contribution in [0.4, 0.5) is 5.95 Å². The van der Waals surface area contributed by atoms with E-state index in [-0.39, 0.29) is 17.1 Å². The molecule has 0 bridgehead atoms. The van der Waals surface area contributed by atoms with Crippen molar-refractivity contribution >= 4 is 17.8 Å². The van der Waals surface area contributed by atoms with Gasteiger partial charge in [0.15, 0.2) is 0 Å². The zero-order valence-corrected chi connectivity index (χ0v) is 8.76. The van der Waals surface area contributed by atoms with Gasteiger partial charge in [-0.25, -0.2) is 9.78 Å². The van der Waals surface area contributed by atoms with Crippen molar-refractivity contribution in [2.75, 3.05) is 5.32 Å². The predicted molar refractivity (Wildman–Crippen MR) is 54.5 cm³/mol. The van der Waals surface area contributed by atoms with Crippen LogP contribution in [0.3, 0.4) is 0 Å². The Hall–Kier alpha value is -2.31. The maximum Gasteiger partial charge on any atom is 0.331 e. The number of anilines is 1. The van der Waals surface area contributed by atoms with Gasteiger partial charge < -0.3 is 5.11 Å². The molecular formula is C9H10N4O3. The van der Waals surface area contributed by atoms with E-state index in [2.05, 4.69) is 20.5 Å². The van der Waals surface area contributed by atoms with Crippen molar-refractivity contribution < 1.29 is 14.7 Å². The average Bonchev–Trinajstić information content (AvgIpc) is 2.28. The number of aromatic nitrogens is 3. The summed E-state index contributed by atoms with van der Waals surface area (Å²) in [5.74, 6) is -1.67. The molecule has 0 aliphatic heterocycles. The molecule has 1 amide bonds. The molecule has 0 unspecified atom stereocenters. The van der Waals surface area contributed by atoms with Gasteiger partial charge in [0.25, 0.3) is 5.91 Å². The molecule has 0 aliphatic rings. The van der Waals surface area contributed by atoms with Crippen molar-refractivity contribution in [3.63, 3.8) is 0 Å². The zero-order valence-electron chi connectivity index (χ0n) is 8.76. The van der Waals surface area contributed by atoms with Gasteiger partial charge in [-0.15, -0.1) is 5.10 Å². The molecule has 0 atom stereocenters. The number of amides is 1. The second-order valence-electron chi connectivity index (χ2n) is 2.98. The summed E-state index contributed by atoms with van der Waals surface area (Å²) < 4.78 is 0. The number of nitrogens with one attached hydrogen (secondary N) is 1. The molecule has 0 spiro atoms. The van der Waals surface area contributed by atoms with E-state index in [1.807, 2.05) is 0 Å². The van der Waals surface area contributed by atoms with Crippen LogP contribution in [0.15, 0.2) is 23.5 Å². The van der Waals surface area contributed by atoms with Crippen molar-refractivity contribution in [1.29, 1.82) is 0 Å². The molecule has 7 nitrogen and oxygen atoms in total. The van der Waals surface area contributed by atoms with Gasteiger partial charge in [-0.1, -0.05) is 0 Å². The third kappa shape index (κ3) is 2.84. The highest BCUT2D eigenvalue weighted by atomic mass is 16.4. The Morgan fingerprint density at radius 1 is 1.25 bits per heavy atom. The Kier molecular flexibility index (Phi) is 3.65. The Morgan fingerprint density at radius 3 is 2.44 bits per heavy atom. The normalized spacial score (nSPS) is 11.6. The first-order chi connectivity index (χ1) is 7.52. The molecule has 0 saturated heterocycles. The van der Waals surface area contributed by atoms with Gasteiger partial charge in [0.05, 0.1) is 12.4 Å². The van der Waals surface area contributed by atoms with Crippen LogP contribution in [-0.4, -0.2) is 32.2 Å². The Balaban J connectivity index is 2.82. The van der Waals surface area contributed by atoms with Crippen LogP contribution in [0.2, 0.25) is 0 Å². The van der Waals surface area contributed by atoms with Crippen molar-refractivity contribution in [1.82, 2.24) is 15.2 Å². The Labute approximate surface area is 91.2 Å². The number of carboxylic acids is 1. The fourth-order valence-corrected chi connectivity index (χ4v) is 0.831. The van der Waals surface area contributed by atoms with Gasteiger partial charge in [-0.2, -0.15) is 5.10 Å². The molecule has 1 rings (SSSR count). The van der Waals surface area contributed by atoms with Gasteiger partial charge in [-0.3, -0.25) is 10.1 Å². The number of carbonyl (C=O) groups excluding carboxylic acids is 1. The largest absolute Gasteiger partial charge is 0.478 e. The van der Waals surface area contributed by atoms with Crippen LogP contribution in [0.1, 0.15) is 13.8 Å². The lowest BCUT2D eigenvalue weighted by Gasteiger charge is -2.04. The minimum atomic E-state index is -1.14. The molecular weight excluding hydrogens is 212 g/mol. The van der Waals surface area contributed by atoms with E-state index in [0.29, 0.717) is 0 Å². The van der Waals surface area contributed by atoms with Gasteiger partial charge in [0.2, 0.25) is 5.95 Å². The quantitative estimate of drug-likeness (QED) is 0.709. The van der Waals surface area contributed by atoms with E-state index in [9.17, 15) is 9.59 Å². The minimum Gasteiger partial charge on any atom is -0.478 e. The lowest BCUT2D eigenvalue weighted by Crippen LogP contribution is -2.17. The second-order valence-corrected chi connectivity index (χ2v) is 2.98. The monoisotopic (exact) mass is 222 g/mol. The van der Waals surface area contributed by atoms with E-state index in [1.165, 1.54) is 26.2 Å². The summed E-state index contributed by atoms with van der Waals surface area (Å²) in [6.45, 7) is 2.76. The molecule has 0 aliphatic carbocycles. The summed E-state index contributed by atoms with van der Waals surface area (Å²) in [5.41, 5.74) is 0.0707. The maximum absolute atomic E-state index is 11.5. The Morgan fingerprint density at radius 2 is 1.94 bits per heavy atom. The highest BCUT2D eigenvalue weighted by Gasteiger charge is 2.13. The van der Waals surface area contributed by atoms with Crippen LogP contribution < -0.4 is 5.32 Å². The first-order valence-corrected chi connectivity index (χ1v) is 4.38. The second kappa shape index (κ2) is 4.96. The molecule has 0 saturated carbocycles. The van der Waals surface area contributed by atoms with Crippen LogP contribution in [-0.2, 0) is 9.59 Å². The van der Waals surface area contributed by atoms with Gasteiger partial charge in [0, 0.05) is 11.1 Å². The third-order valence-electron chi connectivity index (χ3n) is 1.93. The smallest absolute Gasteiger partial charge is 0.331 e. The molecule has 0 radical (unpaired) electrons. The first-order valence-electron chi connectivity index (χ1n) is 4.38. The van der Waals surface area contributed by atoms with E-state index >= 15 is 0 Å². The van der Waals surface area contributed by atoms with Crippen molar-refractivity contribution in [2.24, 2.45) is 0 Å². The number of hydrogen-bond acceptors (Lipinski definition) is 5. The number of nitrogens with zero attached hydrogens (tertiary/aromatic N) is 3. The molecule has 0 fully saturated rings. The lowest BCUT2D eigenvalue weighted by atomic mass is 10.1. The molecule has 1 aromatic rings. The van der Waals surface area contributed by atoms with Crippen LogP contribution in [0.5, 0.6) is 0 Å². The maximum atomic E-state index is 11.5. The average molecular weight is 222 g/mol. The van der Waals surface area contributed by atoms with Gasteiger partial charge in [0.1, 0.15) is 0 Å². The number of carbonyl (C=O) groups is 2. The Bertz CT molecular complexity index is 441.